The Hall–Kier alpha value is -3.33. The number of rotatable bonds is 9. The highest BCUT2D eigenvalue weighted by atomic mass is 35.5. The molecule has 4 amide bonds. The first-order valence-electron chi connectivity index (χ1n) is 9.57. The highest BCUT2D eigenvalue weighted by Gasteiger charge is 2.25. The van der Waals surface area contributed by atoms with Crippen LogP contribution in [0.3, 0.4) is 0 Å². The Bertz CT molecular complexity index is 896. The van der Waals surface area contributed by atoms with E-state index in [0.29, 0.717) is 22.8 Å². The summed E-state index contributed by atoms with van der Waals surface area (Å²) in [4.78, 5) is 48.4. The van der Waals surface area contributed by atoms with Gasteiger partial charge in [0.15, 0.2) is 6.61 Å². The Morgan fingerprint density at radius 2 is 1.81 bits per heavy atom. The Kier molecular flexibility index (Phi) is 9.08. The van der Waals surface area contributed by atoms with E-state index in [1.54, 1.807) is 24.3 Å². The van der Waals surface area contributed by atoms with Gasteiger partial charge in [0.25, 0.3) is 11.8 Å². The number of esters is 1. The van der Waals surface area contributed by atoms with Gasteiger partial charge in [-0.1, -0.05) is 25.4 Å². The Morgan fingerprint density at radius 3 is 2.42 bits per heavy atom. The molecule has 0 radical (unpaired) electrons. The number of amides is 4. The molecule has 1 atom stereocenters. The average molecular weight is 450 g/mol. The fourth-order valence-electron chi connectivity index (χ4n) is 2.55. The molecule has 1 aromatic heterocycles. The summed E-state index contributed by atoms with van der Waals surface area (Å²) in [5.41, 5.74) is 0.330. The maximum Gasteiger partial charge on any atom is 0.329 e. The maximum absolute atomic E-state index is 12.4. The SMILES string of the molecule is CC(C)CC(NC(=O)c1ccc(Cl)cc1)C(=O)OCC(=O)NC(=O)NCc1ccco1. The van der Waals surface area contributed by atoms with E-state index >= 15 is 0 Å². The van der Waals surface area contributed by atoms with E-state index in [1.807, 2.05) is 19.2 Å². The van der Waals surface area contributed by atoms with Gasteiger partial charge in [-0.2, -0.15) is 0 Å². The summed E-state index contributed by atoms with van der Waals surface area (Å²) in [5, 5.41) is 7.56. The molecule has 31 heavy (non-hydrogen) atoms. The number of nitrogens with one attached hydrogen (secondary N) is 3. The number of hydrogen-bond acceptors (Lipinski definition) is 6. The summed E-state index contributed by atoms with van der Waals surface area (Å²) in [6.45, 7) is 3.19. The second-order valence-electron chi connectivity index (χ2n) is 7.08. The molecule has 3 N–H and O–H groups in total. The third-order valence-electron chi connectivity index (χ3n) is 4.01. The van der Waals surface area contributed by atoms with Crippen LogP contribution < -0.4 is 16.0 Å². The zero-order valence-corrected chi connectivity index (χ0v) is 17.9. The van der Waals surface area contributed by atoms with Crippen molar-refractivity contribution in [2.75, 3.05) is 6.61 Å². The van der Waals surface area contributed by atoms with Gasteiger partial charge in [0.2, 0.25) is 0 Å². The monoisotopic (exact) mass is 449 g/mol. The highest BCUT2D eigenvalue weighted by Crippen LogP contribution is 2.11. The molecule has 1 heterocycles. The van der Waals surface area contributed by atoms with Crippen LogP contribution in [-0.4, -0.2) is 36.5 Å². The molecular formula is C21H24ClN3O6. The van der Waals surface area contributed by atoms with Gasteiger partial charge in [0.05, 0.1) is 12.8 Å². The van der Waals surface area contributed by atoms with Crippen molar-refractivity contribution in [3.05, 3.63) is 59.0 Å². The van der Waals surface area contributed by atoms with Crippen LogP contribution in [0.5, 0.6) is 0 Å². The Balaban J connectivity index is 1.83. The minimum atomic E-state index is -0.955. The van der Waals surface area contributed by atoms with Crippen molar-refractivity contribution < 1.29 is 28.3 Å². The molecule has 1 aromatic carbocycles. The van der Waals surface area contributed by atoms with Gasteiger partial charge in [0, 0.05) is 10.6 Å². The van der Waals surface area contributed by atoms with Gasteiger partial charge in [0.1, 0.15) is 11.8 Å². The van der Waals surface area contributed by atoms with Gasteiger partial charge in [-0.15, -0.1) is 0 Å². The standard InChI is InChI=1S/C21H24ClN3O6/c1-13(2)10-17(24-19(27)14-5-7-15(22)8-6-14)20(28)31-12-18(26)25-21(29)23-11-16-4-3-9-30-16/h3-9,13,17H,10-12H2,1-2H3,(H,24,27)(H2,23,25,26,29). The highest BCUT2D eigenvalue weighted by molar-refractivity contribution is 6.30. The quantitative estimate of drug-likeness (QED) is 0.505. The van der Waals surface area contributed by atoms with Crippen LogP contribution in [0, 0.1) is 5.92 Å². The second-order valence-corrected chi connectivity index (χ2v) is 7.52. The van der Waals surface area contributed by atoms with Crippen LogP contribution in [0.25, 0.3) is 0 Å². The molecule has 0 fully saturated rings. The van der Waals surface area contributed by atoms with Gasteiger partial charge >= 0.3 is 12.0 Å². The molecule has 0 aliphatic heterocycles. The zero-order valence-electron chi connectivity index (χ0n) is 17.1. The first-order chi connectivity index (χ1) is 14.7. The maximum atomic E-state index is 12.4. The molecule has 9 nitrogen and oxygen atoms in total. The summed E-state index contributed by atoms with van der Waals surface area (Å²) in [6, 6.07) is 7.81. The lowest BCUT2D eigenvalue weighted by Gasteiger charge is -2.19. The van der Waals surface area contributed by atoms with Crippen molar-refractivity contribution in [1.82, 2.24) is 16.0 Å². The van der Waals surface area contributed by atoms with Gasteiger partial charge in [-0.3, -0.25) is 14.9 Å². The number of carbonyl (C=O) groups is 4. The van der Waals surface area contributed by atoms with Crippen molar-refractivity contribution in [1.29, 1.82) is 0 Å². The number of imide groups is 1. The molecule has 0 saturated heterocycles. The summed E-state index contributed by atoms with van der Waals surface area (Å²) in [6.07, 6.45) is 1.77. The summed E-state index contributed by atoms with van der Waals surface area (Å²) in [7, 11) is 0. The number of furan rings is 1. The molecule has 0 saturated carbocycles. The topological polar surface area (TPSA) is 127 Å². The fourth-order valence-corrected chi connectivity index (χ4v) is 2.68. The van der Waals surface area contributed by atoms with Crippen molar-refractivity contribution in [2.24, 2.45) is 5.92 Å². The first-order valence-corrected chi connectivity index (χ1v) is 9.95. The molecule has 2 aromatic rings. The number of carbonyl (C=O) groups excluding carboxylic acids is 4. The second kappa shape index (κ2) is 11.8. The van der Waals surface area contributed by atoms with Crippen LogP contribution in [-0.2, 0) is 20.9 Å². The largest absolute Gasteiger partial charge is 0.467 e. The van der Waals surface area contributed by atoms with Crippen LogP contribution in [0.15, 0.2) is 47.1 Å². The summed E-state index contributed by atoms with van der Waals surface area (Å²) >= 11 is 5.82. The van der Waals surface area contributed by atoms with Crippen molar-refractivity contribution in [3.8, 4) is 0 Å². The molecule has 0 aliphatic rings. The average Bonchev–Trinajstić information content (AvgIpc) is 3.24. The lowest BCUT2D eigenvalue weighted by Crippen LogP contribution is -2.45. The van der Waals surface area contributed by atoms with Crippen molar-refractivity contribution in [3.63, 3.8) is 0 Å². The van der Waals surface area contributed by atoms with Crippen LogP contribution in [0.1, 0.15) is 36.4 Å². The van der Waals surface area contributed by atoms with Crippen LogP contribution in [0.4, 0.5) is 4.79 Å². The van der Waals surface area contributed by atoms with E-state index in [2.05, 4.69) is 10.6 Å². The number of benzene rings is 1. The summed E-state index contributed by atoms with van der Waals surface area (Å²) in [5.74, 6) is -1.47. The van der Waals surface area contributed by atoms with E-state index in [4.69, 9.17) is 20.8 Å². The molecule has 0 spiro atoms. The van der Waals surface area contributed by atoms with E-state index in [0.717, 1.165) is 0 Å². The molecule has 0 bridgehead atoms. The Morgan fingerprint density at radius 1 is 1.10 bits per heavy atom. The third kappa shape index (κ3) is 8.51. The predicted octanol–water partition coefficient (Wildman–Crippen LogP) is 2.65. The number of ether oxygens (including phenoxy) is 1. The number of halogens is 1. The zero-order chi connectivity index (χ0) is 22.8. The van der Waals surface area contributed by atoms with Gasteiger partial charge in [-0.05, 0) is 48.7 Å². The smallest absolute Gasteiger partial charge is 0.329 e. The van der Waals surface area contributed by atoms with E-state index < -0.39 is 36.5 Å². The normalized spacial score (nSPS) is 11.5. The lowest BCUT2D eigenvalue weighted by atomic mass is 10.0. The van der Waals surface area contributed by atoms with Crippen LogP contribution in [0.2, 0.25) is 5.02 Å². The molecule has 166 valence electrons. The molecular weight excluding hydrogens is 426 g/mol. The minimum Gasteiger partial charge on any atom is -0.467 e. The van der Waals surface area contributed by atoms with Crippen LogP contribution >= 0.6 is 11.6 Å². The molecule has 1 unspecified atom stereocenters. The molecule has 2 rings (SSSR count). The molecule has 10 heteroatoms. The number of hydrogen-bond donors (Lipinski definition) is 3. The fraction of sp³-hybridized carbons (Fsp3) is 0.333. The lowest BCUT2D eigenvalue weighted by molar-refractivity contribution is -0.150. The molecule has 0 aliphatic carbocycles. The number of urea groups is 1. The third-order valence-corrected chi connectivity index (χ3v) is 4.26. The predicted molar refractivity (Wildman–Crippen MR) is 112 cm³/mol. The van der Waals surface area contributed by atoms with Crippen molar-refractivity contribution >= 4 is 35.4 Å². The summed E-state index contributed by atoms with van der Waals surface area (Å²) < 4.78 is 10.0. The van der Waals surface area contributed by atoms with Gasteiger partial charge < -0.3 is 19.8 Å². The first kappa shape index (κ1) is 23.9. The minimum absolute atomic E-state index is 0.0734. The van der Waals surface area contributed by atoms with E-state index in [-0.39, 0.29) is 12.5 Å². The Labute approximate surface area is 184 Å². The van der Waals surface area contributed by atoms with Gasteiger partial charge in [-0.25, -0.2) is 9.59 Å². The van der Waals surface area contributed by atoms with E-state index in [9.17, 15) is 19.2 Å². The van der Waals surface area contributed by atoms with Crippen molar-refractivity contribution in [2.45, 2.75) is 32.9 Å². The van der Waals surface area contributed by atoms with E-state index in [1.165, 1.54) is 18.4 Å².